The quantitative estimate of drug-likeness (QED) is 0.878. The summed E-state index contributed by atoms with van der Waals surface area (Å²) in [5.41, 5.74) is 1.88. The summed E-state index contributed by atoms with van der Waals surface area (Å²) < 4.78 is 5.02. The first kappa shape index (κ1) is 19.2. The van der Waals surface area contributed by atoms with Gasteiger partial charge in [-0.15, -0.1) is 0 Å². The van der Waals surface area contributed by atoms with E-state index in [0.29, 0.717) is 45.4 Å². The molecule has 27 heavy (non-hydrogen) atoms. The van der Waals surface area contributed by atoms with Crippen LogP contribution in [0.3, 0.4) is 0 Å². The van der Waals surface area contributed by atoms with Crippen molar-refractivity contribution in [3.63, 3.8) is 0 Å². The fourth-order valence-corrected chi connectivity index (χ4v) is 3.68. The van der Waals surface area contributed by atoms with E-state index in [1.807, 2.05) is 31.2 Å². The fourth-order valence-electron chi connectivity index (χ4n) is 3.68. The third-order valence-electron chi connectivity index (χ3n) is 5.19. The molecule has 2 aliphatic heterocycles. The number of nitrogens with one attached hydrogen (secondary N) is 1. The minimum absolute atomic E-state index is 0.0127. The van der Waals surface area contributed by atoms with Crippen molar-refractivity contribution in [2.75, 3.05) is 24.6 Å². The van der Waals surface area contributed by atoms with Gasteiger partial charge in [0.15, 0.2) is 0 Å². The number of ether oxygens (including phenoxy) is 1. The summed E-state index contributed by atoms with van der Waals surface area (Å²) in [4.78, 5) is 40.2. The molecule has 3 amide bonds. The number of rotatable bonds is 4. The second-order valence-corrected chi connectivity index (χ2v) is 7.12. The molecule has 0 radical (unpaired) electrons. The summed E-state index contributed by atoms with van der Waals surface area (Å²) in [5, 5.41) is 3.07. The maximum atomic E-state index is 12.8. The Kier molecular flexibility index (Phi) is 5.98. The van der Waals surface area contributed by atoms with Crippen LogP contribution in [0.5, 0.6) is 0 Å². The summed E-state index contributed by atoms with van der Waals surface area (Å²) in [6.07, 6.45) is 1.99. The van der Waals surface area contributed by atoms with E-state index in [0.717, 1.165) is 11.3 Å². The normalized spacial score (nSPS) is 20.7. The minimum Gasteiger partial charge on any atom is -0.450 e. The number of carbonyl (C=O) groups excluding carboxylic acids is 3. The molecule has 0 aromatic heterocycles. The van der Waals surface area contributed by atoms with Crippen LogP contribution in [0.2, 0.25) is 0 Å². The van der Waals surface area contributed by atoms with E-state index in [-0.39, 0.29) is 23.9 Å². The van der Waals surface area contributed by atoms with Crippen molar-refractivity contribution in [1.82, 2.24) is 10.2 Å². The highest BCUT2D eigenvalue weighted by molar-refractivity contribution is 6.03. The van der Waals surface area contributed by atoms with Gasteiger partial charge in [0, 0.05) is 31.2 Å². The number of aryl methyl sites for hydroxylation is 1. The van der Waals surface area contributed by atoms with Crippen LogP contribution in [0.15, 0.2) is 24.3 Å². The van der Waals surface area contributed by atoms with Gasteiger partial charge in [0.2, 0.25) is 11.8 Å². The lowest BCUT2D eigenvalue weighted by molar-refractivity contribution is -0.124. The summed E-state index contributed by atoms with van der Waals surface area (Å²) in [6.45, 7) is 5.26. The Bertz CT molecular complexity index is 696. The standard InChI is InChI=1S/C20H27N3O4/c1-3-27-20(26)22-12-10-15(11-13-22)21-19(25)17-8-9-18(24)23(17)16-6-4-14(2)5-7-16/h4-7,15,17H,3,8-13H2,1-2H3,(H,21,25). The predicted octanol–water partition coefficient (Wildman–Crippen LogP) is 2.23. The van der Waals surface area contributed by atoms with Gasteiger partial charge in [-0.3, -0.25) is 14.5 Å². The number of piperidine rings is 1. The van der Waals surface area contributed by atoms with E-state index in [9.17, 15) is 14.4 Å². The number of anilines is 1. The van der Waals surface area contributed by atoms with E-state index in [1.54, 1.807) is 16.7 Å². The maximum absolute atomic E-state index is 12.8. The SMILES string of the molecule is CCOC(=O)N1CCC(NC(=O)C2CCC(=O)N2c2ccc(C)cc2)CC1. The largest absolute Gasteiger partial charge is 0.450 e. The third-order valence-corrected chi connectivity index (χ3v) is 5.19. The van der Waals surface area contributed by atoms with Crippen LogP contribution >= 0.6 is 0 Å². The van der Waals surface area contributed by atoms with Crippen molar-refractivity contribution in [2.45, 2.75) is 51.6 Å². The van der Waals surface area contributed by atoms with Crippen molar-refractivity contribution in [1.29, 1.82) is 0 Å². The molecule has 7 heteroatoms. The lowest BCUT2D eigenvalue weighted by Crippen LogP contribution is -2.51. The zero-order valence-electron chi connectivity index (χ0n) is 15.9. The molecule has 2 aliphatic rings. The highest BCUT2D eigenvalue weighted by Gasteiger charge is 2.38. The number of amides is 3. The zero-order valence-corrected chi connectivity index (χ0v) is 15.9. The van der Waals surface area contributed by atoms with Gasteiger partial charge in [0.05, 0.1) is 6.61 Å². The first-order chi connectivity index (χ1) is 13.0. The molecule has 2 fully saturated rings. The Hall–Kier alpha value is -2.57. The van der Waals surface area contributed by atoms with Crippen molar-refractivity contribution in [2.24, 2.45) is 0 Å². The molecule has 0 saturated carbocycles. The minimum atomic E-state index is -0.469. The van der Waals surface area contributed by atoms with Gasteiger partial charge < -0.3 is 15.0 Å². The number of likely N-dealkylation sites (tertiary alicyclic amines) is 1. The highest BCUT2D eigenvalue weighted by Crippen LogP contribution is 2.27. The second kappa shape index (κ2) is 8.41. The Morgan fingerprint density at radius 3 is 2.44 bits per heavy atom. The molecule has 3 rings (SSSR count). The zero-order chi connectivity index (χ0) is 19.4. The maximum Gasteiger partial charge on any atom is 0.409 e. The van der Waals surface area contributed by atoms with Crippen LogP contribution in [0.4, 0.5) is 10.5 Å². The molecule has 0 bridgehead atoms. The topological polar surface area (TPSA) is 79.0 Å². The summed E-state index contributed by atoms with van der Waals surface area (Å²) in [7, 11) is 0. The number of hydrogen-bond donors (Lipinski definition) is 1. The Balaban J connectivity index is 1.58. The molecule has 1 N–H and O–H groups in total. The molecule has 0 aliphatic carbocycles. The number of nitrogens with zero attached hydrogens (tertiary/aromatic N) is 2. The van der Waals surface area contributed by atoms with E-state index < -0.39 is 6.04 Å². The van der Waals surface area contributed by atoms with Crippen LogP contribution in [0.1, 0.15) is 38.2 Å². The summed E-state index contributed by atoms with van der Waals surface area (Å²) >= 11 is 0. The molecule has 1 aromatic rings. The van der Waals surface area contributed by atoms with Gasteiger partial charge in [-0.2, -0.15) is 0 Å². The molecule has 0 spiro atoms. The van der Waals surface area contributed by atoms with Crippen LogP contribution < -0.4 is 10.2 Å². The number of hydrogen-bond acceptors (Lipinski definition) is 4. The van der Waals surface area contributed by atoms with Gasteiger partial charge in [-0.1, -0.05) is 17.7 Å². The molecule has 7 nitrogen and oxygen atoms in total. The molecule has 1 unspecified atom stereocenters. The lowest BCUT2D eigenvalue weighted by Gasteiger charge is -2.33. The van der Waals surface area contributed by atoms with Gasteiger partial charge >= 0.3 is 6.09 Å². The summed E-state index contributed by atoms with van der Waals surface area (Å²) in [6, 6.07) is 7.21. The predicted molar refractivity (Wildman–Crippen MR) is 101 cm³/mol. The van der Waals surface area contributed by atoms with E-state index in [1.165, 1.54) is 0 Å². The fraction of sp³-hybridized carbons (Fsp3) is 0.550. The van der Waals surface area contributed by atoms with Gasteiger partial charge in [-0.25, -0.2) is 4.79 Å². The van der Waals surface area contributed by atoms with Crippen molar-refractivity contribution >= 4 is 23.6 Å². The Morgan fingerprint density at radius 1 is 1.15 bits per heavy atom. The van der Waals surface area contributed by atoms with Crippen molar-refractivity contribution in [3.8, 4) is 0 Å². The molecular formula is C20H27N3O4. The molecule has 146 valence electrons. The van der Waals surface area contributed by atoms with Crippen LogP contribution in [0, 0.1) is 6.92 Å². The molecule has 2 saturated heterocycles. The molecule has 2 heterocycles. The van der Waals surface area contributed by atoms with E-state index >= 15 is 0 Å². The number of benzene rings is 1. The first-order valence-corrected chi connectivity index (χ1v) is 9.60. The van der Waals surface area contributed by atoms with Gasteiger partial charge in [-0.05, 0) is 45.2 Å². The van der Waals surface area contributed by atoms with Crippen molar-refractivity contribution < 1.29 is 19.1 Å². The average molecular weight is 373 g/mol. The number of carbonyl (C=O) groups is 3. The third kappa shape index (κ3) is 4.40. The van der Waals surface area contributed by atoms with E-state index in [4.69, 9.17) is 4.74 Å². The molecule has 1 aromatic carbocycles. The van der Waals surface area contributed by atoms with Crippen LogP contribution in [0.25, 0.3) is 0 Å². The monoisotopic (exact) mass is 373 g/mol. The van der Waals surface area contributed by atoms with Crippen molar-refractivity contribution in [3.05, 3.63) is 29.8 Å². The average Bonchev–Trinajstić information content (AvgIpc) is 3.05. The van der Waals surface area contributed by atoms with Gasteiger partial charge in [0.1, 0.15) is 6.04 Å². The summed E-state index contributed by atoms with van der Waals surface area (Å²) in [5.74, 6) is -0.132. The van der Waals surface area contributed by atoms with Crippen LogP contribution in [-0.4, -0.2) is 54.6 Å². The molecule has 1 atom stereocenters. The van der Waals surface area contributed by atoms with E-state index in [2.05, 4.69) is 5.32 Å². The van der Waals surface area contributed by atoms with Crippen LogP contribution in [-0.2, 0) is 14.3 Å². The smallest absolute Gasteiger partial charge is 0.409 e. The Labute approximate surface area is 159 Å². The Morgan fingerprint density at radius 2 is 1.81 bits per heavy atom. The van der Waals surface area contributed by atoms with Gasteiger partial charge in [0.25, 0.3) is 0 Å². The molecular weight excluding hydrogens is 346 g/mol. The highest BCUT2D eigenvalue weighted by atomic mass is 16.6. The lowest BCUT2D eigenvalue weighted by atomic mass is 10.0. The second-order valence-electron chi connectivity index (χ2n) is 7.12. The first-order valence-electron chi connectivity index (χ1n) is 9.60.